The van der Waals surface area contributed by atoms with Gasteiger partial charge in [0.25, 0.3) is 5.91 Å². The second kappa shape index (κ2) is 17.8. The lowest BCUT2D eigenvalue weighted by molar-refractivity contribution is -0.133. The Morgan fingerprint density at radius 1 is 0.892 bits per heavy atom. The Kier molecular flexibility index (Phi) is 11.7. The highest BCUT2D eigenvalue weighted by molar-refractivity contribution is 6.01. The van der Waals surface area contributed by atoms with Crippen LogP contribution in [0.5, 0.6) is 0 Å². The van der Waals surface area contributed by atoms with Crippen molar-refractivity contribution in [1.82, 2.24) is 44.3 Å². The van der Waals surface area contributed by atoms with Gasteiger partial charge in [-0.2, -0.15) is 5.10 Å². The van der Waals surface area contributed by atoms with Crippen LogP contribution in [-0.4, -0.2) is 95.5 Å². The number of carbonyl (C=O) groups excluding carboxylic acids is 3. The minimum atomic E-state index is -0.551. The summed E-state index contributed by atoms with van der Waals surface area (Å²) in [6.07, 6.45) is 8.12. The van der Waals surface area contributed by atoms with E-state index in [4.69, 9.17) is 15.8 Å². The lowest BCUT2D eigenvalue weighted by Gasteiger charge is -2.36. The number of anilines is 2. The number of benzene rings is 2. The molecule has 8 heterocycles. The maximum atomic E-state index is 15.3. The van der Waals surface area contributed by atoms with Crippen molar-refractivity contribution in [3.8, 4) is 11.1 Å². The predicted octanol–water partition coefficient (Wildman–Crippen LogP) is 6.75. The Morgan fingerprint density at radius 3 is 2.42 bits per heavy atom. The summed E-state index contributed by atoms with van der Waals surface area (Å²) in [6, 6.07) is 23.4. The van der Waals surface area contributed by atoms with Gasteiger partial charge in [-0.1, -0.05) is 18.2 Å². The van der Waals surface area contributed by atoms with E-state index in [2.05, 4.69) is 68.2 Å². The van der Waals surface area contributed by atoms with Crippen LogP contribution in [0, 0.1) is 5.82 Å². The highest BCUT2D eigenvalue weighted by Crippen LogP contribution is 2.37. The molecule has 6 aromatic rings. The van der Waals surface area contributed by atoms with Crippen LogP contribution < -0.4 is 16.4 Å². The quantitative estimate of drug-likeness (QED) is 0.126. The molecule has 2 atom stereocenters. The number of halogens is 1. The van der Waals surface area contributed by atoms with Crippen molar-refractivity contribution in [3.63, 3.8) is 0 Å². The smallest absolute Gasteiger partial charge is 0.254 e. The Balaban J connectivity index is 0.698. The van der Waals surface area contributed by atoms with Crippen LogP contribution in [0.1, 0.15) is 102 Å². The maximum Gasteiger partial charge on any atom is 0.254 e. The Hall–Kier alpha value is -6.45. The number of nitrogen functional groups attached to an aromatic ring is 1. The summed E-state index contributed by atoms with van der Waals surface area (Å²) in [5.41, 5.74) is 15.4. The van der Waals surface area contributed by atoms with Gasteiger partial charge >= 0.3 is 0 Å². The third kappa shape index (κ3) is 8.74. The van der Waals surface area contributed by atoms with E-state index in [0.29, 0.717) is 61.1 Å². The minimum Gasteiger partial charge on any atom is -0.384 e. The molecule has 336 valence electrons. The number of piperidine rings is 3. The number of hydrogen-bond acceptors (Lipinski definition) is 10. The first-order valence-corrected chi connectivity index (χ1v) is 23.0. The molecule has 0 spiro atoms. The van der Waals surface area contributed by atoms with Crippen LogP contribution in [0.15, 0.2) is 85.2 Å². The number of hydrogen-bond donors (Lipinski definition) is 3. The molecular formula is C50H56FN11O3. The van der Waals surface area contributed by atoms with Crippen LogP contribution in [0.3, 0.4) is 0 Å². The largest absolute Gasteiger partial charge is 0.384 e. The molecule has 3 saturated heterocycles. The normalized spacial score (nSPS) is 19.6. The number of rotatable bonds is 10. The standard InChI is InChI=1S/C50H56FN11O3/c1-31(45-27-42-40(13-18-53-48(42)58(45)2)36-7-11-46(52)54-28-36)60-21-16-33(17-22-60)32-3-5-35(6-4-32)50(65)61-23-24-62-39(30-61)25-38(57-62)29-59-19-14-34(15-20-59)41-9-8-37(26-43(41)51)55-44-10-12-47(63)56-49(44)64/h3-9,11,13,18,25-28,31,33-34,44,55H,10,12,14-17,19-24,29-30H2,1-2H3,(H2,52,54)(H,56,63,64)/t31-,44?/m0/s1. The fourth-order valence-corrected chi connectivity index (χ4v) is 10.5. The number of aryl methyl sites for hydroxylation is 1. The molecule has 65 heavy (non-hydrogen) atoms. The van der Waals surface area contributed by atoms with Gasteiger partial charge in [-0.15, -0.1) is 0 Å². The van der Waals surface area contributed by atoms with Crippen molar-refractivity contribution in [2.75, 3.05) is 43.8 Å². The Morgan fingerprint density at radius 2 is 1.68 bits per heavy atom. The molecule has 14 nitrogen and oxygen atoms in total. The zero-order valence-corrected chi connectivity index (χ0v) is 37.0. The SMILES string of the molecule is C[C@@H](c1cc2c(-c3ccc(N)nc3)ccnc2n1C)N1CCC(c2ccc(C(=O)N3CCn4nc(CN5CCC(c6ccc(NC7CCC(=O)NC7=O)cc6F)CC5)cc4C3)cc2)CC1. The fraction of sp³-hybridized carbons (Fsp3) is 0.400. The van der Waals surface area contributed by atoms with Crippen LogP contribution >= 0.6 is 0 Å². The monoisotopic (exact) mass is 877 g/mol. The summed E-state index contributed by atoms with van der Waals surface area (Å²) in [5, 5.41) is 11.4. The van der Waals surface area contributed by atoms with Crippen molar-refractivity contribution in [2.24, 2.45) is 7.05 Å². The van der Waals surface area contributed by atoms with E-state index in [-0.39, 0.29) is 41.9 Å². The van der Waals surface area contributed by atoms with Gasteiger partial charge in [-0.25, -0.2) is 14.4 Å². The summed E-state index contributed by atoms with van der Waals surface area (Å²) >= 11 is 0. The summed E-state index contributed by atoms with van der Waals surface area (Å²) in [5.74, 6) is 0.170. The molecule has 2 aromatic carbocycles. The van der Waals surface area contributed by atoms with Gasteiger partial charge in [-0.05, 0) is 148 Å². The molecule has 1 unspecified atom stereocenters. The van der Waals surface area contributed by atoms with Crippen LogP contribution in [-0.2, 0) is 36.3 Å². The van der Waals surface area contributed by atoms with Crippen molar-refractivity contribution < 1.29 is 18.8 Å². The van der Waals surface area contributed by atoms with Crippen molar-refractivity contribution in [1.29, 1.82) is 0 Å². The number of likely N-dealkylation sites (tertiary alicyclic amines) is 2. The summed E-state index contributed by atoms with van der Waals surface area (Å²) in [4.78, 5) is 53.3. The van der Waals surface area contributed by atoms with Gasteiger partial charge in [0.05, 0.1) is 24.5 Å². The summed E-state index contributed by atoms with van der Waals surface area (Å²) in [6.45, 7) is 8.42. The number of nitrogens with one attached hydrogen (secondary N) is 2. The molecule has 0 aliphatic carbocycles. The van der Waals surface area contributed by atoms with E-state index in [1.807, 2.05) is 64.4 Å². The number of imide groups is 1. The average molecular weight is 878 g/mol. The maximum absolute atomic E-state index is 15.3. The number of nitrogens with two attached hydrogens (primary N) is 1. The number of aromatic nitrogens is 5. The molecular weight excluding hydrogens is 822 g/mol. The first-order chi connectivity index (χ1) is 31.5. The summed E-state index contributed by atoms with van der Waals surface area (Å²) in [7, 11) is 2.10. The summed E-state index contributed by atoms with van der Waals surface area (Å²) < 4.78 is 19.6. The van der Waals surface area contributed by atoms with E-state index in [1.54, 1.807) is 0 Å². The highest BCUT2D eigenvalue weighted by atomic mass is 19.1. The van der Waals surface area contributed by atoms with Gasteiger partial charge in [0.15, 0.2) is 0 Å². The molecule has 4 N–H and O–H groups in total. The zero-order chi connectivity index (χ0) is 44.8. The highest BCUT2D eigenvalue weighted by Gasteiger charge is 2.30. The molecule has 4 aliphatic heterocycles. The van der Waals surface area contributed by atoms with Crippen molar-refractivity contribution in [2.45, 2.75) is 89.0 Å². The topological polar surface area (TPSA) is 160 Å². The van der Waals surface area contributed by atoms with E-state index in [9.17, 15) is 14.4 Å². The van der Waals surface area contributed by atoms with Gasteiger partial charge in [-0.3, -0.25) is 34.2 Å². The van der Waals surface area contributed by atoms with Gasteiger partial charge in [0.1, 0.15) is 23.3 Å². The van der Waals surface area contributed by atoms with Crippen LogP contribution in [0.2, 0.25) is 0 Å². The van der Waals surface area contributed by atoms with Crippen molar-refractivity contribution >= 4 is 40.3 Å². The number of fused-ring (bicyclic) bond motifs is 2. The first kappa shape index (κ1) is 42.5. The molecule has 4 aliphatic rings. The lowest BCUT2D eigenvalue weighted by atomic mass is 9.88. The van der Waals surface area contributed by atoms with Crippen LogP contribution in [0.4, 0.5) is 15.9 Å². The fourth-order valence-electron chi connectivity index (χ4n) is 10.5. The Labute approximate surface area is 378 Å². The second-order valence-electron chi connectivity index (χ2n) is 18.3. The van der Waals surface area contributed by atoms with E-state index >= 15 is 4.39 Å². The Bertz CT molecular complexity index is 2730. The van der Waals surface area contributed by atoms with E-state index in [0.717, 1.165) is 85.4 Å². The molecule has 10 rings (SSSR count). The lowest BCUT2D eigenvalue weighted by Crippen LogP contribution is -2.47. The molecule has 3 amide bonds. The number of amides is 3. The third-order valence-corrected chi connectivity index (χ3v) is 14.3. The van der Waals surface area contributed by atoms with Gasteiger partial charge in [0, 0.05) is 72.9 Å². The molecule has 0 bridgehead atoms. The van der Waals surface area contributed by atoms with E-state index < -0.39 is 6.04 Å². The zero-order valence-electron chi connectivity index (χ0n) is 37.0. The number of carbonyl (C=O) groups is 3. The predicted molar refractivity (Wildman–Crippen MR) is 247 cm³/mol. The molecule has 15 heteroatoms. The number of nitrogens with zero attached hydrogens (tertiary/aromatic N) is 8. The molecule has 0 saturated carbocycles. The number of pyridine rings is 2. The molecule has 3 fully saturated rings. The minimum absolute atomic E-state index is 0.0449. The van der Waals surface area contributed by atoms with Gasteiger partial charge in [0.2, 0.25) is 11.8 Å². The van der Waals surface area contributed by atoms with Crippen molar-refractivity contribution in [3.05, 3.63) is 125 Å². The molecule has 4 aromatic heterocycles. The second-order valence-corrected chi connectivity index (χ2v) is 18.3. The van der Waals surface area contributed by atoms with Gasteiger partial charge < -0.3 is 20.5 Å². The molecule has 0 radical (unpaired) electrons. The third-order valence-electron chi connectivity index (χ3n) is 14.3. The van der Waals surface area contributed by atoms with E-state index in [1.165, 1.54) is 17.3 Å². The van der Waals surface area contributed by atoms with Crippen LogP contribution in [0.25, 0.3) is 22.2 Å². The average Bonchev–Trinajstić information content (AvgIpc) is 3.89. The first-order valence-electron chi connectivity index (χ1n) is 23.0.